The zero-order chi connectivity index (χ0) is 12.9. The first kappa shape index (κ1) is 16.7. The van der Waals surface area contributed by atoms with Crippen LogP contribution in [0.25, 0.3) is 0 Å². The molecule has 0 aliphatic rings. The van der Waals surface area contributed by atoms with Crippen molar-refractivity contribution >= 4 is 12.4 Å². The van der Waals surface area contributed by atoms with Crippen LogP contribution in [0.3, 0.4) is 0 Å². The van der Waals surface area contributed by atoms with Crippen molar-refractivity contribution in [3.63, 3.8) is 0 Å². The smallest absolute Gasteiger partial charge is 0.406 e. The van der Waals surface area contributed by atoms with E-state index in [4.69, 9.17) is 5.73 Å². The quantitative estimate of drug-likeness (QED) is 0.861. The second kappa shape index (κ2) is 7.23. The second-order valence-corrected chi connectivity index (χ2v) is 3.25. The van der Waals surface area contributed by atoms with Gasteiger partial charge in [0.1, 0.15) is 11.6 Å². The molecule has 0 aliphatic carbocycles. The SMILES string of the molecule is Cl.NCC(F)=CCc1cccc(OC(F)(F)F)c1. The minimum absolute atomic E-state index is 0. The van der Waals surface area contributed by atoms with Crippen molar-refractivity contribution in [1.82, 2.24) is 0 Å². The predicted octanol–water partition coefficient (Wildman–Crippen LogP) is 3.36. The Labute approximate surface area is 108 Å². The molecule has 0 unspecified atom stereocenters. The van der Waals surface area contributed by atoms with Gasteiger partial charge in [0.25, 0.3) is 0 Å². The number of hydrogen-bond acceptors (Lipinski definition) is 2. The van der Waals surface area contributed by atoms with Crippen molar-refractivity contribution in [2.75, 3.05) is 6.54 Å². The summed E-state index contributed by atoms with van der Waals surface area (Å²) >= 11 is 0. The number of alkyl halides is 3. The van der Waals surface area contributed by atoms with Crippen LogP contribution in [-0.2, 0) is 6.42 Å². The molecular formula is C11H12ClF4NO. The summed E-state index contributed by atoms with van der Waals surface area (Å²) in [5.41, 5.74) is 5.54. The highest BCUT2D eigenvalue weighted by Gasteiger charge is 2.30. The predicted molar refractivity (Wildman–Crippen MR) is 62.3 cm³/mol. The number of hydrogen-bond donors (Lipinski definition) is 1. The molecular weight excluding hydrogens is 274 g/mol. The van der Waals surface area contributed by atoms with Gasteiger partial charge in [-0.1, -0.05) is 12.1 Å². The number of rotatable bonds is 4. The Morgan fingerprint density at radius 2 is 2.00 bits per heavy atom. The minimum atomic E-state index is -4.73. The lowest BCUT2D eigenvalue weighted by Crippen LogP contribution is -2.17. The van der Waals surface area contributed by atoms with Gasteiger partial charge >= 0.3 is 6.36 Å². The standard InChI is InChI=1S/C11H11F4NO.ClH/c12-9(7-16)5-4-8-2-1-3-10(6-8)17-11(13,14)15;/h1-3,5-6H,4,7,16H2;1H. The lowest BCUT2D eigenvalue weighted by atomic mass is 10.1. The summed E-state index contributed by atoms with van der Waals surface area (Å²) in [6.45, 7) is -0.223. The van der Waals surface area contributed by atoms with Gasteiger partial charge in [-0.2, -0.15) is 0 Å². The Balaban J connectivity index is 0.00000289. The Morgan fingerprint density at radius 1 is 1.33 bits per heavy atom. The third-order valence-corrected chi connectivity index (χ3v) is 1.89. The molecule has 0 spiro atoms. The fraction of sp³-hybridized carbons (Fsp3) is 0.273. The third-order valence-electron chi connectivity index (χ3n) is 1.89. The van der Waals surface area contributed by atoms with Gasteiger partial charge < -0.3 is 10.5 Å². The summed E-state index contributed by atoms with van der Waals surface area (Å²) in [5, 5.41) is 0. The van der Waals surface area contributed by atoms with Crippen LogP contribution < -0.4 is 10.5 Å². The highest BCUT2D eigenvalue weighted by Crippen LogP contribution is 2.23. The van der Waals surface area contributed by atoms with E-state index in [1.165, 1.54) is 24.3 Å². The topological polar surface area (TPSA) is 35.2 Å². The van der Waals surface area contributed by atoms with Crippen molar-refractivity contribution in [2.24, 2.45) is 5.73 Å². The van der Waals surface area contributed by atoms with E-state index in [9.17, 15) is 17.6 Å². The van der Waals surface area contributed by atoms with Crippen molar-refractivity contribution in [2.45, 2.75) is 12.8 Å². The largest absolute Gasteiger partial charge is 0.573 e. The van der Waals surface area contributed by atoms with E-state index in [1.54, 1.807) is 6.07 Å². The summed E-state index contributed by atoms with van der Waals surface area (Å²) in [5.74, 6) is -0.830. The molecule has 0 fully saturated rings. The number of nitrogens with two attached hydrogens (primary N) is 1. The molecule has 0 aromatic heterocycles. The molecule has 102 valence electrons. The van der Waals surface area contributed by atoms with Crippen molar-refractivity contribution in [1.29, 1.82) is 0 Å². The molecule has 1 rings (SSSR count). The number of halogens is 5. The van der Waals surface area contributed by atoms with Crippen LogP contribution in [0.5, 0.6) is 5.75 Å². The molecule has 2 N–H and O–H groups in total. The maximum atomic E-state index is 12.7. The molecule has 0 aliphatic heterocycles. The van der Waals surface area contributed by atoms with Crippen LogP contribution in [-0.4, -0.2) is 12.9 Å². The molecule has 2 nitrogen and oxygen atoms in total. The highest BCUT2D eigenvalue weighted by atomic mass is 35.5. The molecule has 7 heteroatoms. The molecule has 0 amide bonds. The van der Waals surface area contributed by atoms with Gasteiger partial charge in [0.2, 0.25) is 0 Å². The second-order valence-electron chi connectivity index (χ2n) is 3.25. The molecule has 0 saturated heterocycles. The lowest BCUT2D eigenvalue weighted by Gasteiger charge is -2.09. The lowest BCUT2D eigenvalue weighted by molar-refractivity contribution is -0.274. The Kier molecular flexibility index (Phi) is 6.72. The van der Waals surface area contributed by atoms with E-state index in [1.807, 2.05) is 0 Å². The van der Waals surface area contributed by atoms with Crippen LogP contribution in [0.4, 0.5) is 17.6 Å². The normalized spacial score (nSPS) is 11.9. The maximum absolute atomic E-state index is 12.7. The van der Waals surface area contributed by atoms with Gasteiger partial charge in [-0.25, -0.2) is 4.39 Å². The van der Waals surface area contributed by atoms with Crippen LogP contribution >= 0.6 is 12.4 Å². The zero-order valence-electron chi connectivity index (χ0n) is 9.21. The van der Waals surface area contributed by atoms with E-state index in [2.05, 4.69) is 4.74 Å². The van der Waals surface area contributed by atoms with Gasteiger partial charge in [-0.15, -0.1) is 25.6 Å². The minimum Gasteiger partial charge on any atom is -0.406 e. The average Bonchev–Trinajstić information content (AvgIpc) is 2.24. The summed E-state index contributed by atoms with van der Waals surface area (Å²) < 4.78 is 52.2. The number of allylic oxidation sites excluding steroid dienone is 1. The van der Waals surface area contributed by atoms with Crippen LogP contribution in [0.15, 0.2) is 36.2 Å². The summed E-state index contributed by atoms with van der Waals surface area (Å²) in [4.78, 5) is 0. The average molecular weight is 286 g/mol. The van der Waals surface area contributed by atoms with Gasteiger partial charge in [0.15, 0.2) is 0 Å². The monoisotopic (exact) mass is 285 g/mol. The Hall–Kier alpha value is -1.27. The van der Waals surface area contributed by atoms with E-state index in [0.29, 0.717) is 5.56 Å². The fourth-order valence-corrected chi connectivity index (χ4v) is 1.18. The first-order chi connectivity index (χ1) is 7.90. The van der Waals surface area contributed by atoms with E-state index in [-0.39, 0.29) is 31.1 Å². The molecule has 1 aromatic carbocycles. The number of ether oxygens (including phenoxy) is 1. The van der Waals surface area contributed by atoms with Crippen molar-refractivity contribution < 1.29 is 22.3 Å². The van der Waals surface area contributed by atoms with Crippen molar-refractivity contribution in [3.8, 4) is 5.75 Å². The van der Waals surface area contributed by atoms with Crippen LogP contribution in [0.1, 0.15) is 5.56 Å². The highest BCUT2D eigenvalue weighted by molar-refractivity contribution is 5.85. The molecule has 0 heterocycles. The summed E-state index contributed by atoms with van der Waals surface area (Å²) in [6, 6.07) is 5.36. The van der Waals surface area contributed by atoms with Crippen LogP contribution in [0.2, 0.25) is 0 Å². The molecule has 0 radical (unpaired) electrons. The van der Waals surface area contributed by atoms with E-state index < -0.39 is 12.2 Å². The van der Waals surface area contributed by atoms with Gasteiger partial charge in [0.05, 0.1) is 0 Å². The molecule has 0 saturated carbocycles. The molecule has 0 atom stereocenters. The first-order valence-electron chi connectivity index (χ1n) is 4.80. The Bertz CT molecular complexity index is 406. The first-order valence-corrected chi connectivity index (χ1v) is 4.80. The maximum Gasteiger partial charge on any atom is 0.573 e. The Morgan fingerprint density at radius 3 is 2.56 bits per heavy atom. The van der Waals surface area contributed by atoms with Gasteiger partial charge in [0, 0.05) is 6.54 Å². The van der Waals surface area contributed by atoms with Gasteiger partial charge in [-0.3, -0.25) is 0 Å². The molecule has 1 aromatic rings. The molecule has 18 heavy (non-hydrogen) atoms. The van der Waals surface area contributed by atoms with E-state index >= 15 is 0 Å². The van der Waals surface area contributed by atoms with Crippen molar-refractivity contribution in [3.05, 3.63) is 41.7 Å². The third kappa shape index (κ3) is 6.46. The van der Waals surface area contributed by atoms with Crippen LogP contribution in [0, 0.1) is 0 Å². The molecule has 0 bridgehead atoms. The zero-order valence-corrected chi connectivity index (χ0v) is 10.0. The fourth-order valence-electron chi connectivity index (χ4n) is 1.18. The number of benzene rings is 1. The van der Waals surface area contributed by atoms with E-state index in [0.717, 1.165) is 0 Å². The summed E-state index contributed by atoms with van der Waals surface area (Å²) in [7, 11) is 0. The summed E-state index contributed by atoms with van der Waals surface area (Å²) in [6.07, 6.45) is -3.35. The van der Waals surface area contributed by atoms with Gasteiger partial charge in [-0.05, 0) is 30.2 Å².